The smallest absolute Gasteiger partial charge is 0.337 e. The number of aryl methyl sites for hydroxylation is 1. The molecule has 1 saturated heterocycles. The van der Waals surface area contributed by atoms with Crippen LogP contribution in [0.5, 0.6) is 0 Å². The highest BCUT2D eigenvalue weighted by Crippen LogP contribution is 2.33. The van der Waals surface area contributed by atoms with Crippen molar-refractivity contribution in [3.8, 4) is 6.07 Å². The Morgan fingerprint density at radius 2 is 2.00 bits per heavy atom. The van der Waals surface area contributed by atoms with Gasteiger partial charge >= 0.3 is 6.18 Å². The first-order valence-electron chi connectivity index (χ1n) is 8.24. The van der Waals surface area contributed by atoms with E-state index in [1.54, 1.807) is 6.07 Å². The van der Waals surface area contributed by atoms with Crippen LogP contribution in [0.3, 0.4) is 0 Å². The molecule has 1 fully saturated rings. The van der Waals surface area contributed by atoms with E-state index >= 15 is 0 Å². The topological polar surface area (TPSA) is 79.0 Å². The van der Waals surface area contributed by atoms with Gasteiger partial charge in [-0.3, -0.25) is 0 Å². The van der Waals surface area contributed by atoms with Gasteiger partial charge in [0.15, 0.2) is 5.69 Å². The molecule has 10 heteroatoms. The highest BCUT2D eigenvalue weighted by atomic mass is 32.2. The van der Waals surface area contributed by atoms with Crippen LogP contribution in [0.2, 0.25) is 0 Å². The third kappa shape index (κ3) is 3.70. The number of nitriles is 1. The second-order valence-corrected chi connectivity index (χ2v) is 8.31. The summed E-state index contributed by atoms with van der Waals surface area (Å²) in [5.41, 5.74) is -0.953. The highest BCUT2D eigenvalue weighted by molar-refractivity contribution is 7.89. The van der Waals surface area contributed by atoms with Crippen LogP contribution >= 0.6 is 0 Å². The van der Waals surface area contributed by atoms with E-state index in [1.165, 1.54) is 34.1 Å². The maximum atomic E-state index is 13.0. The quantitative estimate of drug-likeness (QED) is 0.796. The van der Waals surface area contributed by atoms with Crippen LogP contribution in [0.15, 0.2) is 35.4 Å². The number of hydrogen-bond acceptors (Lipinski definition) is 4. The van der Waals surface area contributed by atoms with E-state index in [2.05, 4.69) is 4.98 Å². The van der Waals surface area contributed by atoms with Crippen molar-refractivity contribution < 1.29 is 21.6 Å². The number of benzene rings is 1. The van der Waals surface area contributed by atoms with Crippen LogP contribution < -0.4 is 0 Å². The second-order valence-electron chi connectivity index (χ2n) is 6.40. The maximum Gasteiger partial charge on any atom is 0.434 e. The number of rotatable bonds is 3. The van der Waals surface area contributed by atoms with Gasteiger partial charge < -0.3 is 4.57 Å². The summed E-state index contributed by atoms with van der Waals surface area (Å²) in [6.07, 6.45) is -2.61. The fourth-order valence-electron chi connectivity index (χ4n) is 3.29. The van der Waals surface area contributed by atoms with E-state index < -0.39 is 27.8 Å². The lowest BCUT2D eigenvalue weighted by atomic mass is 9.99. The summed E-state index contributed by atoms with van der Waals surface area (Å²) in [5.74, 6) is -0.250. The van der Waals surface area contributed by atoms with Crippen molar-refractivity contribution in [1.82, 2.24) is 13.9 Å². The van der Waals surface area contributed by atoms with Crippen LogP contribution in [0, 0.1) is 11.3 Å². The molecule has 0 saturated carbocycles. The Labute approximate surface area is 154 Å². The Morgan fingerprint density at radius 3 is 2.63 bits per heavy atom. The highest BCUT2D eigenvalue weighted by Gasteiger charge is 2.38. The van der Waals surface area contributed by atoms with E-state index in [0.29, 0.717) is 12.8 Å². The largest absolute Gasteiger partial charge is 0.434 e. The van der Waals surface area contributed by atoms with Gasteiger partial charge in [0.05, 0.1) is 10.5 Å². The molecule has 1 aliphatic heterocycles. The SMILES string of the molecule is Cn1cc(C(F)(F)F)nc1C1CCCN(S(=O)(=O)c2ccccc2C#N)C1. The number of alkyl halides is 3. The Kier molecular flexibility index (Phi) is 5.01. The van der Waals surface area contributed by atoms with Crippen LogP contribution in [0.1, 0.15) is 35.8 Å². The molecule has 27 heavy (non-hydrogen) atoms. The Hall–Kier alpha value is -2.38. The summed E-state index contributed by atoms with van der Waals surface area (Å²) in [5, 5.41) is 9.17. The number of hydrogen-bond donors (Lipinski definition) is 0. The average molecular weight is 398 g/mol. The van der Waals surface area contributed by atoms with Gasteiger partial charge in [0.25, 0.3) is 0 Å². The Balaban J connectivity index is 1.91. The van der Waals surface area contributed by atoms with Gasteiger partial charge in [-0.15, -0.1) is 0 Å². The summed E-state index contributed by atoms with van der Waals surface area (Å²) in [7, 11) is -2.46. The van der Waals surface area contributed by atoms with Crippen LogP contribution in [-0.2, 0) is 23.2 Å². The van der Waals surface area contributed by atoms with Crippen molar-refractivity contribution in [2.24, 2.45) is 7.05 Å². The predicted octanol–water partition coefficient (Wildman–Crippen LogP) is 2.88. The van der Waals surface area contributed by atoms with E-state index in [0.717, 1.165) is 6.20 Å². The number of imidazole rings is 1. The molecule has 1 aromatic carbocycles. The fraction of sp³-hybridized carbons (Fsp3) is 0.412. The molecule has 0 bridgehead atoms. The minimum Gasteiger partial charge on any atom is -0.337 e. The molecular formula is C17H17F3N4O2S. The van der Waals surface area contributed by atoms with Gasteiger partial charge in [-0.25, -0.2) is 13.4 Å². The predicted molar refractivity (Wildman–Crippen MR) is 90.1 cm³/mol. The van der Waals surface area contributed by atoms with Crippen molar-refractivity contribution in [3.05, 3.63) is 47.5 Å². The molecule has 6 nitrogen and oxygen atoms in total. The molecule has 3 rings (SSSR count). The van der Waals surface area contributed by atoms with Gasteiger partial charge in [0, 0.05) is 32.3 Å². The van der Waals surface area contributed by atoms with Gasteiger partial charge in [0.1, 0.15) is 11.9 Å². The lowest BCUT2D eigenvalue weighted by Gasteiger charge is -2.31. The molecule has 1 aliphatic rings. The van der Waals surface area contributed by atoms with E-state index in [-0.39, 0.29) is 29.4 Å². The molecule has 0 aliphatic carbocycles. The molecule has 2 heterocycles. The van der Waals surface area contributed by atoms with Crippen LogP contribution in [0.25, 0.3) is 0 Å². The van der Waals surface area contributed by atoms with Crippen molar-refractivity contribution in [2.75, 3.05) is 13.1 Å². The molecule has 0 N–H and O–H groups in total. The van der Waals surface area contributed by atoms with Crippen molar-refractivity contribution in [1.29, 1.82) is 5.26 Å². The summed E-state index contributed by atoms with van der Waals surface area (Å²) in [4.78, 5) is 3.60. The fourth-order valence-corrected chi connectivity index (χ4v) is 4.96. The minimum absolute atomic E-state index is 0.0181. The number of aromatic nitrogens is 2. The van der Waals surface area contributed by atoms with Gasteiger partial charge in [-0.2, -0.15) is 22.7 Å². The third-order valence-electron chi connectivity index (χ3n) is 4.58. The average Bonchev–Trinajstić information content (AvgIpc) is 3.04. The molecule has 2 aromatic rings. The number of nitrogens with zero attached hydrogens (tertiary/aromatic N) is 4. The van der Waals surface area contributed by atoms with E-state index in [9.17, 15) is 26.9 Å². The van der Waals surface area contributed by atoms with Gasteiger partial charge in [-0.05, 0) is 25.0 Å². The number of halogens is 3. The normalized spacial score (nSPS) is 19.0. The second kappa shape index (κ2) is 6.98. The van der Waals surface area contributed by atoms with Crippen LogP contribution in [-0.4, -0.2) is 35.4 Å². The first-order chi connectivity index (χ1) is 12.6. The molecule has 1 atom stereocenters. The molecular weight excluding hydrogens is 381 g/mol. The zero-order valence-electron chi connectivity index (χ0n) is 14.4. The number of piperidine rings is 1. The molecule has 1 unspecified atom stereocenters. The summed E-state index contributed by atoms with van der Waals surface area (Å²) < 4.78 is 67.2. The first-order valence-corrected chi connectivity index (χ1v) is 9.68. The zero-order chi connectivity index (χ0) is 19.8. The van der Waals surface area contributed by atoms with E-state index in [4.69, 9.17) is 0 Å². The Bertz CT molecular complexity index is 992. The molecule has 0 radical (unpaired) electrons. The molecule has 1 aromatic heterocycles. The maximum absolute atomic E-state index is 13.0. The first kappa shape index (κ1) is 19.4. The zero-order valence-corrected chi connectivity index (χ0v) is 15.3. The van der Waals surface area contributed by atoms with Gasteiger partial charge in [-0.1, -0.05) is 12.1 Å². The van der Waals surface area contributed by atoms with Crippen LogP contribution in [0.4, 0.5) is 13.2 Å². The summed E-state index contributed by atoms with van der Waals surface area (Å²) in [6.45, 7) is 0.263. The number of sulfonamides is 1. The molecule has 0 spiro atoms. The summed E-state index contributed by atoms with van der Waals surface area (Å²) >= 11 is 0. The monoisotopic (exact) mass is 398 g/mol. The molecule has 144 valence electrons. The standard InChI is InChI=1S/C17H17F3N4O2S/c1-23-11-15(17(18,19)20)22-16(23)13-6-4-8-24(10-13)27(25,26)14-7-3-2-5-12(14)9-21/h2-3,5,7,11,13H,4,6,8,10H2,1H3. The van der Waals surface area contributed by atoms with Crippen molar-refractivity contribution in [2.45, 2.75) is 29.8 Å². The van der Waals surface area contributed by atoms with Gasteiger partial charge in [0.2, 0.25) is 10.0 Å². The Morgan fingerprint density at radius 1 is 1.30 bits per heavy atom. The summed E-state index contributed by atoms with van der Waals surface area (Å²) in [6, 6.07) is 7.75. The third-order valence-corrected chi connectivity index (χ3v) is 6.50. The van der Waals surface area contributed by atoms with E-state index in [1.807, 2.05) is 6.07 Å². The lowest BCUT2D eigenvalue weighted by Crippen LogP contribution is -2.40. The molecule has 0 amide bonds. The lowest BCUT2D eigenvalue weighted by molar-refractivity contribution is -0.141. The minimum atomic E-state index is -4.55. The van der Waals surface area contributed by atoms with Crippen molar-refractivity contribution in [3.63, 3.8) is 0 Å². The van der Waals surface area contributed by atoms with Crippen molar-refractivity contribution >= 4 is 10.0 Å².